The molecule has 2 heterocycles. The summed E-state index contributed by atoms with van der Waals surface area (Å²) in [5.74, 6) is 0. The van der Waals surface area contributed by atoms with Gasteiger partial charge in [0.25, 0.3) is 0 Å². The minimum Gasteiger partial charge on any atom is -0.454 e. The number of unbranched alkanes of at least 4 members (excludes halogenated alkanes) is 1. The average Bonchev–Trinajstić information content (AvgIpc) is 3.82. The van der Waals surface area contributed by atoms with E-state index in [-0.39, 0.29) is 0 Å². The first kappa shape index (κ1) is 36.4. The van der Waals surface area contributed by atoms with Gasteiger partial charge in [0.1, 0.15) is 11.3 Å². The highest BCUT2D eigenvalue weighted by Gasteiger charge is 2.17. The molecule has 57 heavy (non-hydrogen) atoms. The van der Waals surface area contributed by atoms with Crippen LogP contribution in [0.1, 0.15) is 49.8 Å². The van der Waals surface area contributed by atoms with E-state index < -0.39 is 0 Å². The number of benzene rings is 8. The van der Waals surface area contributed by atoms with Crippen molar-refractivity contribution in [2.45, 2.75) is 46.5 Å². The molecule has 0 saturated heterocycles. The lowest BCUT2D eigenvalue weighted by atomic mass is 9.90. The zero-order valence-electron chi connectivity index (χ0n) is 32.8. The van der Waals surface area contributed by atoms with Crippen LogP contribution in [0.2, 0.25) is 0 Å². The predicted octanol–water partition coefficient (Wildman–Crippen LogP) is 14.3. The van der Waals surface area contributed by atoms with Crippen molar-refractivity contribution in [3.8, 4) is 22.3 Å². The lowest BCUT2D eigenvalue weighted by Gasteiger charge is -2.14. The number of aliphatic imine (C=N–C) groups is 1. The topological polar surface area (TPSA) is 25.5 Å². The van der Waals surface area contributed by atoms with Gasteiger partial charge >= 0.3 is 0 Å². The van der Waals surface area contributed by atoms with E-state index in [4.69, 9.17) is 4.42 Å². The SMILES string of the molecule is C=N/C(c1ccccc1)=c1/oc2ccccc2/c1=C\CC.CCCCc1cc(-c2cccc(C)c2)cc(-c2cc3sc4cccc5c6ccccc6c(c2)c3c45)c1. The van der Waals surface area contributed by atoms with Crippen molar-refractivity contribution < 1.29 is 4.42 Å². The van der Waals surface area contributed by atoms with Crippen LogP contribution in [-0.2, 0) is 6.42 Å². The summed E-state index contributed by atoms with van der Waals surface area (Å²) in [5.41, 5.74) is 11.4. The second-order valence-corrected chi connectivity index (χ2v) is 16.0. The Morgan fingerprint density at radius 2 is 1.28 bits per heavy atom. The van der Waals surface area contributed by atoms with E-state index in [0.717, 1.165) is 45.7 Å². The summed E-state index contributed by atoms with van der Waals surface area (Å²) in [5, 5.41) is 10.5. The zero-order chi connectivity index (χ0) is 38.9. The van der Waals surface area contributed by atoms with Crippen LogP contribution in [-0.4, -0.2) is 6.72 Å². The van der Waals surface area contributed by atoms with Crippen LogP contribution in [0.25, 0.3) is 86.7 Å². The van der Waals surface area contributed by atoms with Crippen LogP contribution in [0.3, 0.4) is 0 Å². The third kappa shape index (κ3) is 6.83. The van der Waals surface area contributed by atoms with E-state index in [2.05, 4.69) is 142 Å². The first-order valence-corrected chi connectivity index (χ1v) is 20.9. The van der Waals surface area contributed by atoms with Crippen LogP contribution in [0.5, 0.6) is 0 Å². The maximum atomic E-state index is 6.06. The van der Waals surface area contributed by atoms with Gasteiger partial charge in [-0.1, -0.05) is 153 Å². The average molecular weight is 756 g/mol. The highest BCUT2D eigenvalue weighted by atomic mass is 32.1. The molecule has 2 aromatic heterocycles. The maximum Gasteiger partial charge on any atom is 0.161 e. The molecule has 0 aliphatic carbocycles. The van der Waals surface area contributed by atoms with E-state index in [1.165, 1.54) is 87.9 Å². The number of aryl methyl sites for hydroxylation is 2. The highest BCUT2D eigenvalue weighted by Crippen LogP contribution is 2.47. The Morgan fingerprint density at radius 1 is 0.614 bits per heavy atom. The number of thiophene rings is 1. The van der Waals surface area contributed by atoms with Gasteiger partial charge in [-0.15, -0.1) is 11.3 Å². The summed E-state index contributed by atoms with van der Waals surface area (Å²) in [4.78, 5) is 4.22. The van der Waals surface area contributed by atoms with Crippen molar-refractivity contribution in [2.75, 3.05) is 0 Å². The Hall–Kier alpha value is -6.29. The maximum absolute atomic E-state index is 6.06. The van der Waals surface area contributed by atoms with Gasteiger partial charge in [0.15, 0.2) is 5.42 Å². The van der Waals surface area contributed by atoms with E-state index in [0.29, 0.717) is 0 Å². The Labute approximate surface area is 338 Å². The largest absolute Gasteiger partial charge is 0.454 e. The Bertz CT molecular complexity index is 3180. The minimum atomic E-state index is 0.784. The van der Waals surface area contributed by atoms with Crippen molar-refractivity contribution in [3.05, 3.63) is 179 Å². The van der Waals surface area contributed by atoms with Crippen molar-refractivity contribution in [3.63, 3.8) is 0 Å². The number of nitrogens with zero attached hydrogens (tertiary/aromatic N) is 1. The van der Waals surface area contributed by atoms with Gasteiger partial charge in [-0.2, -0.15) is 0 Å². The molecule has 10 aromatic rings. The lowest BCUT2D eigenvalue weighted by Crippen LogP contribution is -2.23. The van der Waals surface area contributed by atoms with E-state index in [9.17, 15) is 0 Å². The summed E-state index contributed by atoms with van der Waals surface area (Å²) in [7, 11) is 0. The van der Waals surface area contributed by atoms with Gasteiger partial charge in [0.05, 0.1) is 0 Å². The number of hydrogen-bond donors (Lipinski definition) is 0. The molecule has 0 aliphatic rings. The van der Waals surface area contributed by atoms with Gasteiger partial charge in [0, 0.05) is 36.3 Å². The number of fused-ring (bicyclic) bond motifs is 4. The smallest absolute Gasteiger partial charge is 0.161 e. The Morgan fingerprint density at radius 3 is 2.04 bits per heavy atom. The molecule has 2 nitrogen and oxygen atoms in total. The molecular formula is C54H45NOS. The summed E-state index contributed by atoms with van der Waals surface area (Å²) in [6.07, 6.45) is 6.66. The molecule has 0 fully saturated rings. The molecule has 0 saturated carbocycles. The molecule has 0 atom stereocenters. The van der Waals surface area contributed by atoms with Crippen molar-refractivity contribution >= 4 is 82.5 Å². The molecular weight excluding hydrogens is 711 g/mol. The Balaban J connectivity index is 0.000000172. The molecule has 3 heteroatoms. The fourth-order valence-corrected chi connectivity index (χ4v) is 9.61. The third-order valence-electron chi connectivity index (χ3n) is 11.1. The summed E-state index contributed by atoms with van der Waals surface area (Å²) < 4.78 is 8.82. The molecule has 0 unspecified atom stereocenters. The number of hydrogen-bond acceptors (Lipinski definition) is 3. The van der Waals surface area contributed by atoms with E-state index >= 15 is 0 Å². The normalized spacial score (nSPS) is 12.5. The van der Waals surface area contributed by atoms with Crippen LogP contribution in [0, 0.1) is 6.92 Å². The second kappa shape index (κ2) is 15.7. The fraction of sp³-hybridized carbons (Fsp3) is 0.130. The molecule has 0 bridgehead atoms. The quantitative estimate of drug-likeness (QED) is 0.112. The standard InChI is InChI=1S/C35H28S.C19H17NO/c1-3-4-10-23-17-25(24-11-7-9-22(2)16-24)19-26(18-23)27-20-31-29-13-6-5-12-28(29)30-14-8-15-32-34(30)35(31)33(21-27)36-32;1-3-9-16-15-12-7-8-13-17(15)21-19(16)18(20-2)14-10-5-4-6-11-14/h5-9,11-21H,3-4,10H2,1-2H3;4-13H,2-3H2,1H3/b;16-9+,19-18+. The summed E-state index contributed by atoms with van der Waals surface area (Å²) >= 11 is 1.93. The molecule has 10 rings (SSSR count). The van der Waals surface area contributed by atoms with Gasteiger partial charge in [-0.25, -0.2) is 0 Å². The van der Waals surface area contributed by atoms with E-state index in [1.54, 1.807) is 0 Å². The highest BCUT2D eigenvalue weighted by molar-refractivity contribution is 7.26. The molecule has 278 valence electrons. The predicted molar refractivity (Wildman–Crippen MR) is 248 cm³/mol. The number of rotatable bonds is 8. The minimum absolute atomic E-state index is 0.784. The fourth-order valence-electron chi connectivity index (χ4n) is 8.42. The summed E-state index contributed by atoms with van der Waals surface area (Å²) in [6.45, 7) is 10.3. The Kier molecular flexibility index (Phi) is 10.0. The third-order valence-corrected chi connectivity index (χ3v) is 12.2. The number of furan rings is 1. The van der Waals surface area contributed by atoms with Crippen molar-refractivity contribution in [2.24, 2.45) is 4.99 Å². The van der Waals surface area contributed by atoms with Crippen LogP contribution >= 0.6 is 11.3 Å². The van der Waals surface area contributed by atoms with Crippen molar-refractivity contribution in [1.29, 1.82) is 0 Å². The molecule has 0 N–H and O–H groups in total. The molecule has 8 aromatic carbocycles. The van der Waals surface area contributed by atoms with Crippen LogP contribution in [0.4, 0.5) is 0 Å². The molecule has 0 radical (unpaired) electrons. The van der Waals surface area contributed by atoms with Crippen LogP contribution in [0.15, 0.2) is 161 Å². The van der Waals surface area contributed by atoms with Crippen molar-refractivity contribution in [1.82, 2.24) is 0 Å². The number of para-hydroxylation sites is 1. The first-order chi connectivity index (χ1) is 28.0. The van der Waals surface area contributed by atoms with E-state index in [1.807, 2.05) is 59.9 Å². The molecule has 0 amide bonds. The first-order valence-electron chi connectivity index (χ1n) is 20.1. The monoisotopic (exact) mass is 755 g/mol. The second-order valence-electron chi connectivity index (χ2n) is 14.9. The van der Waals surface area contributed by atoms with Gasteiger partial charge in [0.2, 0.25) is 0 Å². The zero-order valence-corrected chi connectivity index (χ0v) is 33.6. The molecule has 0 aliphatic heterocycles. The summed E-state index contributed by atoms with van der Waals surface area (Å²) in [6, 6.07) is 54.8. The van der Waals surface area contributed by atoms with Gasteiger partial charge < -0.3 is 4.42 Å². The van der Waals surface area contributed by atoms with Crippen LogP contribution < -0.4 is 10.6 Å². The molecule has 0 spiro atoms. The lowest BCUT2D eigenvalue weighted by molar-refractivity contribution is 0.571. The van der Waals surface area contributed by atoms with Gasteiger partial charge in [-0.3, -0.25) is 4.99 Å². The van der Waals surface area contributed by atoms with Gasteiger partial charge in [-0.05, 0) is 113 Å².